The topological polar surface area (TPSA) is 139 Å². The highest BCUT2D eigenvalue weighted by atomic mass is 32.2. The van der Waals surface area contributed by atoms with E-state index in [1.165, 1.54) is 18.3 Å². The Labute approximate surface area is 222 Å². The molecule has 204 valence electrons. The maximum absolute atomic E-state index is 13.3. The van der Waals surface area contributed by atoms with Gasteiger partial charge in [-0.1, -0.05) is 27.7 Å². The normalized spacial score (nSPS) is 17.4. The number of sulfonamides is 1. The number of aromatic amines is 1. The quantitative estimate of drug-likeness (QED) is 0.464. The van der Waals surface area contributed by atoms with Crippen molar-refractivity contribution in [1.29, 1.82) is 0 Å². The van der Waals surface area contributed by atoms with Crippen LogP contribution < -0.4 is 19.9 Å². The van der Waals surface area contributed by atoms with Crippen LogP contribution in [-0.2, 0) is 10.0 Å². The Morgan fingerprint density at radius 3 is 2.61 bits per heavy atom. The average molecular weight is 543 g/mol. The molecule has 0 aliphatic carbocycles. The van der Waals surface area contributed by atoms with Crippen LogP contribution in [0, 0.1) is 11.3 Å². The van der Waals surface area contributed by atoms with Crippen molar-refractivity contribution in [3.8, 4) is 11.7 Å². The predicted molar refractivity (Wildman–Crippen MR) is 143 cm³/mol. The first-order chi connectivity index (χ1) is 17.7. The van der Waals surface area contributed by atoms with Crippen molar-refractivity contribution >= 4 is 21.7 Å². The zero-order valence-corrected chi connectivity index (χ0v) is 23.3. The number of nitrogens with one attached hydrogen (secondary N) is 2. The first-order valence-corrected chi connectivity index (χ1v) is 13.9. The van der Waals surface area contributed by atoms with Crippen LogP contribution in [0.25, 0.3) is 5.82 Å². The Balaban J connectivity index is 1.72. The molecule has 3 aromatic heterocycles. The molecule has 1 atom stereocenters. The smallest absolute Gasteiger partial charge is 0.269 e. The number of hydrogen-bond donors (Lipinski definition) is 2. The van der Waals surface area contributed by atoms with Crippen LogP contribution in [-0.4, -0.2) is 52.8 Å². The molecule has 0 saturated carbocycles. The molecule has 0 radical (unpaired) electrons. The number of pyridine rings is 2. The van der Waals surface area contributed by atoms with Crippen molar-refractivity contribution in [2.45, 2.75) is 58.4 Å². The molecule has 1 amide bonds. The van der Waals surface area contributed by atoms with Gasteiger partial charge in [-0.25, -0.2) is 22.8 Å². The van der Waals surface area contributed by atoms with E-state index in [9.17, 15) is 18.0 Å². The maximum Gasteiger partial charge on any atom is 0.269 e. The molecule has 4 rings (SSSR count). The fraction of sp³-hybridized carbons (Fsp3) is 0.462. The lowest BCUT2D eigenvalue weighted by atomic mass is 9.90. The minimum Gasteiger partial charge on any atom is -0.476 e. The van der Waals surface area contributed by atoms with Crippen molar-refractivity contribution in [2.24, 2.45) is 11.3 Å². The molecule has 1 aliphatic heterocycles. The van der Waals surface area contributed by atoms with Crippen molar-refractivity contribution < 1.29 is 17.9 Å². The molecule has 1 aliphatic rings. The van der Waals surface area contributed by atoms with Gasteiger partial charge >= 0.3 is 0 Å². The van der Waals surface area contributed by atoms with Gasteiger partial charge in [0.2, 0.25) is 5.88 Å². The van der Waals surface area contributed by atoms with Crippen LogP contribution in [0.15, 0.2) is 52.4 Å². The maximum atomic E-state index is 13.3. The summed E-state index contributed by atoms with van der Waals surface area (Å²) in [7, 11) is -4.42. The Morgan fingerprint density at radius 2 is 1.97 bits per heavy atom. The van der Waals surface area contributed by atoms with Crippen molar-refractivity contribution in [2.75, 3.05) is 18.1 Å². The average Bonchev–Trinajstić information content (AvgIpc) is 3.41. The number of carbonyl (C=O) groups excluding carboxylic acids is 1. The standard InChI is InChI=1S/C26H34N6O5S/c1-17-11-14-31(26(17,5)6)22-18(23(33)30-38(35,36)19-8-7-13-27-24(19)34)9-10-20(28-22)32-15-12-21(29-32)37-16-25(2,3)4/h7-10,12-13,15,17H,11,14,16H2,1-6H3,(H,27,34)(H,30,33). The number of amides is 1. The van der Waals surface area contributed by atoms with Crippen LogP contribution in [0.5, 0.6) is 5.88 Å². The molecule has 3 aromatic rings. The zero-order valence-electron chi connectivity index (χ0n) is 22.5. The number of rotatable bonds is 7. The van der Waals surface area contributed by atoms with Crippen LogP contribution >= 0.6 is 0 Å². The Morgan fingerprint density at radius 1 is 1.24 bits per heavy atom. The van der Waals surface area contributed by atoms with Crippen LogP contribution in [0.4, 0.5) is 5.82 Å². The van der Waals surface area contributed by atoms with E-state index in [1.807, 2.05) is 9.62 Å². The summed E-state index contributed by atoms with van der Waals surface area (Å²) in [6.07, 6.45) is 3.91. The molecule has 11 nitrogen and oxygen atoms in total. The second-order valence-electron chi connectivity index (χ2n) is 11.3. The summed E-state index contributed by atoms with van der Waals surface area (Å²) in [6, 6.07) is 7.36. The van der Waals surface area contributed by atoms with Gasteiger partial charge in [0.1, 0.15) is 5.82 Å². The Bertz CT molecular complexity index is 1500. The van der Waals surface area contributed by atoms with Crippen molar-refractivity contribution in [1.82, 2.24) is 24.5 Å². The number of nitrogens with zero attached hydrogens (tertiary/aromatic N) is 4. The van der Waals surface area contributed by atoms with Gasteiger partial charge in [0, 0.05) is 30.5 Å². The first kappa shape index (κ1) is 27.4. The van der Waals surface area contributed by atoms with E-state index in [1.54, 1.807) is 23.0 Å². The first-order valence-electron chi connectivity index (χ1n) is 12.4. The minimum absolute atomic E-state index is 0.0345. The third-order valence-corrected chi connectivity index (χ3v) is 8.15. The Kier molecular flexibility index (Phi) is 7.13. The van der Waals surface area contributed by atoms with Crippen molar-refractivity contribution in [3.05, 3.63) is 58.6 Å². The largest absolute Gasteiger partial charge is 0.476 e. The molecule has 0 spiro atoms. The van der Waals surface area contributed by atoms with E-state index >= 15 is 0 Å². The van der Waals surface area contributed by atoms with E-state index in [4.69, 9.17) is 9.72 Å². The van der Waals surface area contributed by atoms with Gasteiger partial charge in [-0.15, -0.1) is 5.10 Å². The van der Waals surface area contributed by atoms with Gasteiger partial charge in [0.05, 0.1) is 12.2 Å². The SMILES string of the molecule is CC1CCN(c2nc(-n3ccc(OCC(C)(C)C)n3)ccc2C(=O)NS(=O)(=O)c2ccc[nH]c2=O)C1(C)C. The summed E-state index contributed by atoms with van der Waals surface area (Å²) in [6.45, 7) is 13.6. The summed E-state index contributed by atoms with van der Waals surface area (Å²) < 4.78 is 35.1. The summed E-state index contributed by atoms with van der Waals surface area (Å²) in [5.41, 5.74) is -1.13. The van der Waals surface area contributed by atoms with Crippen LogP contribution in [0.1, 0.15) is 58.3 Å². The summed E-state index contributed by atoms with van der Waals surface area (Å²) in [4.78, 5) is 33.9. The lowest BCUT2D eigenvalue weighted by Crippen LogP contribution is -2.44. The van der Waals surface area contributed by atoms with Gasteiger partial charge in [-0.05, 0) is 55.9 Å². The molecule has 1 saturated heterocycles. The number of anilines is 1. The molecular weight excluding hydrogens is 508 g/mol. The predicted octanol–water partition coefficient (Wildman–Crippen LogP) is 3.12. The van der Waals surface area contributed by atoms with Gasteiger partial charge < -0.3 is 14.6 Å². The fourth-order valence-corrected chi connectivity index (χ4v) is 5.23. The highest BCUT2D eigenvalue weighted by Crippen LogP contribution is 2.39. The van der Waals surface area contributed by atoms with Crippen LogP contribution in [0.3, 0.4) is 0 Å². The van der Waals surface area contributed by atoms with Gasteiger partial charge in [-0.3, -0.25) is 9.59 Å². The molecular formula is C26H34N6O5S. The summed E-state index contributed by atoms with van der Waals surface area (Å²) in [5.74, 6) is 0.642. The number of hydrogen-bond acceptors (Lipinski definition) is 8. The highest BCUT2D eigenvalue weighted by molar-refractivity contribution is 7.90. The number of aromatic nitrogens is 4. The highest BCUT2D eigenvalue weighted by Gasteiger charge is 2.41. The number of H-pyrrole nitrogens is 1. The van der Waals surface area contributed by atoms with Gasteiger partial charge in [-0.2, -0.15) is 0 Å². The second-order valence-corrected chi connectivity index (χ2v) is 12.9. The number of carbonyl (C=O) groups is 1. The van der Waals surface area contributed by atoms with E-state index in [0.717, 1.165) is 12.5 Å². The number of ether oxygens (including phenoxy) is 1. The molecule has 4 heterocycles. The molecule has 1 unspecified atom stereocenters. The van der Waals surface area contributed by atoms with Crippen molar-refractivity contribution in [3.63, 3.8) is 0 Å². The monoisotopic (exact) mass is 542 g/mol. The molecule has 1 fully saturated rings. The van der Waals surface area contributed by atoms with Crippen LogP contribution in [0.2, 0.25) is 0 Å². The molecule has 2 N–H and O–H groups in total. The zero-order chi connectivity index (χ0) is 27.9. The Hall–Kier alpha value is -3.67. The molecule has 38 heavy (non-hydrogen) atoms. The minimum atomic E-state index is -4.42. The van der Waals surface area contributed by atoms with E-state index in [0.29, 0.717) is 36.6 Å². The third kappa shape index (κ3) is 5.59. The van der Waals surface area contributed by atoms with Gasteiger partial charge in [0.25, 0.3) is 21.5 Å². The van der Waals surface area contributed by atoms with E-state index in [2.05, 4.69) is 51.6 Å². The third-order valence-electron chi connectivity index (χ3n) is 6.80. The second kappa shape index (κ2) is 9.90. The molecule has 12 heteroatoms. The lowest BCUT2D eigenvalue weighted by molar-refractivity contribution is 0.0981. The van der Waals surface area contributed by atoms with E-state index in [-0.39, 0.29) is 16.5 Å². The summed E-state index contributed by atoms with van der Waals surface area (Å²) >= 11 is 0. The van der Waals surface area contributed by atoms with E-state index < -0.39 is 26.4 Å². The molecule has 0 aromatic carbocycles. The van der Waals surface area contributed by atoms with Gasteiger partial charge in [0.15, 0.2) is 10.7 Å². The lowest BCUT2D eigenvalue weighted by Gasteiger charge is -2.36. The molecule has 0 bridgehead atoms. The summed E-state index contributed by atoms with van der Waals surface area (Å²) in [5, 5.41) is 4.46. The fourth-order valence-electron chi connectivity index (χ4n) is 4.21.